The Kier molecular flexibility index (Phi) is 22.7. The zero-order valence-electron chi connectivity index (χ0n) is 42.9. The van der Waals surface area contributed by atoms with Gasteiger partial charge in [0.1, 0.15) is 5.78 Å². The van der Waals surface area contributed by atoms with E-state index in [0.717, 1.165) is 0 Å². The number of nitrogens with zero attached hydrogens (tertiary/aromatic N) is 3. The molecular formula is C51H76F3N5O10S. The van der Waals surface area contributed by atoms with Crippen LogP contribution in [0.15, 0.2) is 54.6 Å². The third-order valence-electron chi connectivity index (χ3n) is 13.4. The fourth-order valence-electron chi connectivity index (χ4n) is 9.80. The minimum atomic E-state index is -5.06. The van der Waals surface area contributed by atoms with Crippen molar-refractivity contribution in [3.8, 4) is 0 Å². The van der Waals surface area contributed by atoms with Gasteiger partial charge in [0.25, 0.3) is 0 Å². The lowest BCUT2D eigenvalue weighted by molar-refractivity contribution is -0.173. The summed E-state index contributed by atoms with van der Waals surface area (Å²) >= 11 is 0. The first-order chi connectivity index (χ1) is 32.6. The van der Waals surface area contributed by atoms with Crippen LogP contribution in [0.1, 0.15) is 97.3 Å². The van der Waals surface area contributed by atoms with Gasteiger partial charge >= 0.3 is 12.1 Å². The first kappa shape index (κ1) is 59.6. The lowest BCUT2D eigenvalue weighted by atomic mass is 9.84. The number of rotatable bonds is 27. The van der Waals surface area contributed by atoms with Crippen LogP contribution >= 0.6 is 0 Å². The van der Waals surface area contributed by atoms with E-state index in [1.807, 2.05) is 60.5 Å². The fraction of sp³-hybridized carbons (Fsp3) is 0.647. The summed E-state index contributed by atoms with van der Waals surface area (Å²) in [6, 6.07) is 12.8. The molecule has 0 aromatic heterocycles. The molecule has 0 aliphatic carbocycles. The second-order valence-electron chi connectivity index (χ2n) is 19.9. The number of likely N-dealkylation sites (tertiary alicyclic amines) is 1. The second-order valence-corrected chi connectivity index (χ2v) is 21.6. The summed E-state index contributed by atoms with van der Waals surface area (Å²) in [6.07, 6.45) is -5.74. The third kappa shape index (κ3) is 17.0. The number of sulfonamides is 1. The zero-order valence-corrected chi connectivity index (χ0v) is 43.7. The largest absolute Gasteiger partial charge is 0.471 e. The van der Waals surface area contributed by atoms with Crippen LogP contribution in [0.2, 0.25) is 0 Å². The first-order valence-corrected chi connectivity index (χ1v) is 25.6. The monoisotopic (exact) mass is 1010 g/mol. The first-order valence-electron chi connectivity index (χ1n) is 24.0. The molecule has 2 aromatic carbocycles. The molecule has 392 valence electrons. The van der Waals surface area contributed by atoms with Crippen molar-refractivity contribution in [2.45, 2.75) is 136 Å². The highest BCUT2D eigenvalue weighted by molar-refractivity contribution is 7.89. The molecule has 1 aliphatic rings. The predicted octanol–water partition coefficient (Wildman–Crippen LogP) is 5.98. The minimum absolute atomic E-state index is 0.00864. The van der Waals surface area contributed by atoms with Crippen molar-refractivity contribution in [1.82, 2.24) is 24.7 Å². The van der Waals surface area contributed by atoms with E-state index in [1.54, 1.807) is 59.4 Å². The zero-order chi connectivity index (χ0) is 52.8. The van der Waals surface area contributed by atoms with E-state index in [-0.39, 0.29) is 84.0 Å². The lowest BCUT2D eigenvalue weighted by Crippen LogP contribution is -2.54. The fourth-order valence-corrected chi connectivity index (χ4v) is 11.0. The minimum Gasteiger partial charge on any atom is -0.379 e. The Morgan fingerprint density at radius 1 is 0.771 bits per heavy atom. The molecule has 0 radical (unpaired) electrons. The molecule has 0 saturated carbocycles. The highest BCUT2D eigenvalue weighted by Gasteiger charge is 2.44. The van der Waals surface area contributed by atoms with Crippen LogP contribution in [0.3, 0.4) is 0 Å². The normalized spacial score (nSPS) is 17.5. The van der Waals surface area contributed by atoms with E-state index in [4.69, 9.17) is 9.47 Å². The van der Waals surface area contributed by atoms with Crippen LogP contribution in [-0.2, 0) is 67.0 Å². The highest BCUT2D eigenvalue weighted by atomic mass is 32.2. The number of carbonyl (C=O) groups is 6. The van der Waals surface area contributed by atoms with E-state index in [0.29, 0.717) is 24.9 Å². The van der Waals surface area contributed by atoms with E-state index >= 15 is 0 Å². The number of amides is 4. The van der Waals surface area contributed by atoms with Gasteiger partial charge in [-0.1, -0.05) is 103 Å². The summed E-state index contributed by atoms with van der Waals surface area (Å²) in [5, 5.41) is 1.74. The summed E-state index contributed by atoms with van der Waals surface area (Å²) in [7, 11) is 4.02. The number of halogens is 3. The standard InChI is InChI=1S/C51H76F3N5O10S/c1-31(2)39(27-42(61)45(32(3)4)57(8)9)49(64)58(10)46(33(5)6)43(68-11)28-44(62)59-24-16-19-40(59)47(69-12)34(7)41(60)26-38(25-35-17-14-13-15-18-35)48(63)56-70(66,67)30-37-22-20-36(21-23-37)29-55-50(65)51(52,53)54/h13-15,17-18,20-23,31-34,38-40,43,45-47H,16,19,24-30H2,1-12H3,(H,55,65)(H,56,63)/t34-,38+,39-,40-,43+,45-,46-,47+/m0/s1. The van der Waals surface area contributed by atoms with Crippen LogP contribution in [-0.4, -0.2) is 137 Å². The van der Waals surface area contributed by atoms with E-state index < -0.39 is 82.4 Å². The number of hydrogen-bond acceptors (Lipinski definition) is 11. The molecule has 3 rings (SSSR count). The van der Waals surface area contributed by atoms with Gasteiger partial charge < -0.3 is 24.6 Å². The van der Waals surface area contributed by atoms with Gasteiger partial charge in [-0.2, -0.15) is 13.2 Å². The van der Waals surface area contributed by atoms with Gasteiger partial charge in [-0.3, -0.25) is 38.4 Å². The molecule has 19 heteroatoms. The van der Waals surface area contributed by atoms with Crippen LogP contribution in [0.4, 0.5) is 13.2 Å². The third-order valence-corrected chi connectivity index (χ3v) is 14.6. The second kappa shape index (κ2) is 26.6. The number of ether oxygens (including phenoxy) is 2. The van der Waals surface area contributed by atoms with Gasteiger partial charge in [-0.15, -0.1) is 0 Å². The van der Waals surface area contributed by atoms with Crippen molar-refractivity contribution in [3.63, 3.8) is 0 Å². The molecule has 70 heavy (non-hydrogen) atoms. The summed E-state index contributed by atoms with van der Waals surface area (Å²) in [6.45, 7) is 13.3. The number of hydrogen-bond donors (Lipinski definition) is 2. The topological polar surface area (TPSA) is 189 Å². The molecule has 4 amide bonds. The summed E-state index contributed by atoms with van der Waals surface area (Å²) in [5.74, 6) is -7.29. The van der Waals surface area contributed by atoms with Crippen molar-refractivity contribution in [2.75, 3.05) is 41.9 Å². The van der Waals surface area contributed by atoms with Crippen LogP contribution < -0.4 is 10.0 Å². The van der Waals surface area contributed by atoms with Gasteiger partial charge in [-0.05, 0) is 67.8 Å². The molecule has 0 bridgehead atoms. The molecule has 1 fully saturated rings. The molecule has 2 N–H and O–H groups in total. The summed E-state index contributed by atoms with van der Waals surface area (Å²) < 4.78 is 78.5. The Morgan fingerprint density at radius 3 is 1.89 bits per heavy atom. The van der Waals surface area contributed by atoms with E-state index in [9.17, 15) is 50.4 Å². The Bertz CT molecular complexity index is 2160. The van der Waals surface area contributed by atoms with Crippen molar-refractivity contribution in [1.29, 1.82) is 0 Å². The number of benzene rings is 2. The maximum atomic E-state index is 14.4. The van der Waals surface area contributed by atoms with Crippen molar-refractivity contribution in [3.05, 3.63) is 71.3 Å². The summed E-state index contributed by atoms with van der Waals surface area (Å²) in [4.78, 5) is 86.7. The molecule has 15 nitrogen and oxygen atoms in total. The Balaban J connectivity index is 1.78. The number of nitrogens with one attached hydrogen (secondary N) is 2. The molecule has 1 heterocycles. The molecule has 8 atom stereocenters. The number of methoxy groups -OCH3 is 2. The number of ketones is 2. The predicted molar refractivity (Wildman–Crippen MR) is 260 cm³/mol. The Hall–Kier alpha value is -4.72. The number of Topliss-reactive ketones (excluding diaryl/α,β-unsaturated/α-hetero) is 2. The Labute approximate surface area is 413 Å². The SMILES string of the molecule is CO[C@H]([C@@H](C)C(=O)C[C@@H](Cc1ccccc1)C(=O)NS(=O)(=O)Cc1ccc(CNC(=O)C(F)(F)F)cc1)[C@@H]1CCCN1C(=O)C[C@@H](OC)[C@H](C(C)C)N(C)C(=O)[C@@H](CC(=O)[C@H](C(C)C)N(C)C)C(C)C. The average Bonchev–Trinajstić information content (AvgIpc) is 3.76. The average molecular weight is 1010 g/mol. The van der Waals surface area contributed by atoms with Crippen molar-refractivity contribution >= 4 is 45.2 Å². The van der Waals surface area contributed by atoms with E-state index in [2.05, 4.69) is 4.72 Å². The molecule has 0 spiro atoms. The highest BCUT2D eigenvalue weighted by Crippen LogP contribution is 2.32. The smallest absolute Gasteiger partial charge is 0.379 e. The maximum absolute atomic E-state index is 14.4. The molecule has 2 aromatic rings. The molecule has 1 aliphatic heterocycles. The number of likely N-dealkylation sites (N-methyl/N-ethyl adjacent to an activating group) is 2. The van der Waals surface area contributed by atoms with Gasteiger partial charge in [0.2, 0.25) is 27.7 Å². The quantitative estimate of drug-likeness (QED) is 0.107. The van der Waals surface area contributed by atoms with Crippen molar-refractivity contribution < 1.29 is 59.8 Å². The maximum Gasteiger partial charge on any atom is 0.471 e. The van der Waals surface area contributed by atoms with Gasteiger partial charge in [-0.25, -0.2) is 8.42 Å². The van der Waals surface area contributed by atoms with E-state index in [1.165, 1.54) is 38.5 Å². The number of carbonyl (C=O) groups excluding carboxylic acids is 6. The van der Waals surface area contributed by atoms with Crippen LogP contribution in [0, 0.1) is 35.5 Å². The molecule has 0 unspecified atom stereocenters. The van der Waals surface area contributed by atoms with Crippen LogP contribution in [0.25, 0.3) is 0 Å². The lowest BCUT2D eigenvalue weighted by Gasteiger charge is -2.40. The van der Waals surface area contributed by atoms with Crippen molar-refractivity contribution in [2.24, 2.45) is 35.5 Å². The molecule has 1 saturated heterocycles. The number of alkyl halides is 3. The van der Waals surface area contributed by atoms with Gasteiger partial charge in [0.05, 0.1) is 42.5 Å². The Morgan fingerprint density at radius 2 is 1.37 bits per heavy atom. The summed E-state index contributed by atoms with van der Waals surface area (Å²) in [5.41, 5.74) is 1.19. The molecular weight excluding hydrogens is 932 g/mol. The van der Waals surface area contributed by atoms with Crippen LogP contribution in [0.5, 0.6) is 0 Å². The van der Waals surface area contributed by atoms with Gasteiger partial charge in [0.15, 0.2) is 5.78 Å². The van der Waals surface area contributed by atoms with Gasteiger partial charge in [0, 0.05) is 65.0 Å².